The predicted molar refractivity (Wildman–Crippen MR) is 90.1 cm³/mol. The Morgan fingerprint density at radius 3 is 2.48 bits per heavy atom. The summed E-state index contributed by atoms with van der Waals surface area (Å²) in [5.74, 6) is 0.0869. The number of Topliss-reactive ketones (excluding diaryl/α,β-unsaturated/α-hetero) is 1. The van der Waals surface area contributed by atoms with Crippen LogP contribution in [0, 0.1) is 0 Å². The number of hydrogen-bond acceptors (Lipinski definition) is 6. The van der Waals surface area contributed by atoms with Gasteiger partial charge in [-0.25, -0.2) is 9.36 Å². The van der Waals surface area contributed by atoms with Crippen molar-refractivity contribution >= 4 is 5.78 Å². The number of ketones is 1. The third kappa shape index (κ3) is 3.01. The second kappa shape index (κ2) is 6.60. The molecule has 3 rings (SSSR count). The van der Waals surface area contributed by atoms with Crippen molar-refractivity contribution in [2.45, 2.75) is 6.92 Å². The second-order valence-electron chi connectivity index (χ2n) is 5.18. The van der Waals surface area contributed by atoms with Crippen molar-refractivity contribution in [3.05, 3.63) is 58.8 Å². The fourth-order valence-electron chi connectivity index (χ4n) is 2.39. The van der Waals surface area contributed by atoms with Gasteiger partial charge in [-0.2, -0.15) is 10.2 Å². The molecule has 0 spiro atoms. The van der Waals surface area contributed by atoms with E-state index in [2.05, 4.69) is 10.2 Å². The maximum Gasteiger partial charge on any atom is 0.252 e. The van der Waals surface area contributed by atoms with E-state index in [9.17, 15) is 9.59 Å². The lowest BCUT2D eigenvalue weighted by Gasteiger charge is -2.14. The van der Waals surface area contributed by atoms with Gasteiger partial charge in [-0.05, 0) is 18.2 Å². The van der Waals surface area contributed by atoms with Crippen molar-refractivity contribution < 1.29 is 14.3 Å². The molecule has 128 valence electrons. The molecule has 0 aliphatic heterocycles. The average Bonchev–Trinajstić information content (AvgIpc) is 3.16. The topological polar surface area (TPSA) is 88.2 Å². The molecule has 0 fully saturated rings. The smallest absolute Gasteiger partial charge is 0.252 e. The molecule has 0 aliphatic carbocycles. The average molecular weight is 340 g/mol. The van der Waals surface area contributed by atoms with Crippen molar-refractivity contribution in [3.63, 3.8) is 0 Å². The molecule has 0 radical (unpaired) electrons. The van der Waals surface area contributed by atoms with E-state index in [0.29, 0.717) is 11.4 Å². The summed E-state index contributed by atoms with van der Waals surface area (Å²) in [5, 5.41) is 8.30. The SMILES string of the molecule is COc1cc(-n2cccn2)ccc1-n1cc(OC)c(=O)c(C(C)=O)n1. The van der Waals surface area contributed by atoms with Gasteiger partial charge in [0.05, 0.1) is 26.1 Å². The Kier molecular flexibility index (Phi) is 4.34. The molecule has 2 aromatic heterocycles. The molecular formula is C17H16N4O4. The lowest BCUT2D eigenvalue weighted by atomic mass is 10.2. The molecule has 25 heavy (non-hydrogen) atoms. The van der Waals surface area contributed by atoms with Gasteiger partial charge in [0, 0.05) is 25.4 Å². The Balaban J connectivity index is 2.17. The van der Waals surface area contributed by atoms with Crippen molar-refractivity contribution in [1.82, 2.24) is 19.6 Å². The first-order valence-electron chi connectivity index (χ1n) is 7.42. The molecule has 0 unspecified atom stereocenters. The Morgan fingerprint density at radius 2 is 1.88 bits per heavy atom. The highest BCUT2D eigenvalue weighted by molar-refractivity contribution is 5.92. The highest BCUT2D eigenvalue weighted by Crippen LogP contribution is 2.26. The minimum absolute atomic E-state index is 0.0263. The zero-order valence-corrected chi connectivity index (χ0v) is 14.0. The molecular weight excluding hydrogens is 324 g/mol. The van der Waals surface area contributed by atoms with Gasteiger partial charge >= 0.3 is 0 Å². The van der Waals surface area contributed by atoms with Gasteiger partial charge in [0.15, 0.2) is 17.2 Å². The zero-order chi connectivity index (χ0) is 18.0. The molecule has 0 aliphatic rings. The van der Waals surface area contributed by atoms with E-state index in [1.807, 2.05) is 18.3 Å². The monoisotopic (exact) mass is 340 g/mol. The molecule has 0 saturated heterocycles. The summed E-state index contributed by atoms with van der Waals surface area (Å²) < 4.78 is 13.6. The molecule has 1 aromatic carbocycles. The Labute approximate surface area is 143 Å². The van der Waals surface area contributed by atoms with Crippen LogP contribution in [0.1, 0.15) is 17.4 Å². The summed E-state index contributed by atoms with van der Waals surface area (Å²) in [6.45, 7) is 1.28. The van der Waals surface area contributed by atoms with E-state index >= 15 is 0 Å². The summed E-state index contributed by atoms with van der Waals surface area (Å²) in [5.41, 5.74) is 0.612. The maximum absolute atomic E-state index is 12.1. The second-order valence-corrected chi connectivity index (χ2v) is 5.18. The van der Waals surface area contributed by atoms with Gasteiger partial charge in [-0.1, -0.05) is 0 Å². The van der Waals surface area contributed by atoms with Gasteiger partial charge in [-0.3, -0.25) is 9.59 Å². The van der Waals surface area contributed by atoms with Crippen LogP contribution in [-0.4, -0.2) is 39.6 Å². The van der Waals surface area contributed by atoms with Crippen molar-refractivity contribution in [1.29, 1.82) is 0 Å². The summed E-state index contributed by atoms with van der Waals surface area (Å²) >= 11 is 0. The summed E-state index contributed by atoms with van der Waals surface area (Å²) in [6.07, 6.45) is 4.90. The van der Waals surface area contributed by atoms with Crippen LogP contribution < -0.4 is 14.9 Å². The lowest BCUT2D eigenvalue weighted by molar-refractivity contribution is 0.100. The third-order valence-corrected chi connectivity index (χ3v) is 3.62. The van der Waals surface area contributed by atoms with E-state index in [1.165, 1.54) is 32.0 Å². The largest absolute Gasteiger partial charge is 0.494 e. The first-order valence-corrected chi connectivity index (χ1v) is 7.42. The highest BCUT2D eigenvalue weighted by atomic mass is 16.5. The highest BCUT2D eigenvalue weighted by Gasteiger charge is 2.16. The number of rotatable bonds is 5. The molecule has 0 atom stereocenters. The number of carbonyl (C=O) groups excluding carboxylic acids is 1. The summed E-state index contributed by atoms with van der Waals surface area (Å²) in [4.78, 5) is 23.8. The summed E-state index contributed by atoms with van der Waals surface area (Å²) in [7, 11) is 2.89. The molecule has 0 N–H and O–H groups in total. The number of hydrogen-bond donors (Lipinski definition) is 0. The minimum Gasteiger partial charge on any atom is -0.494 e. The standard InChI is InChI=1S/C17H16N4O4/c1-11(22)16-17(23)15(25-3)10-21(19-16)13-6-5-12(9-14(13)24-2)20-8-4-7-18-20/h4-10H,1-3H3. The van der Waals surface area contributed by atoms with Crippen LogP contribution in [0.3, 0.4) is 0 Å². The number of benzene rings is 1. The zero-order valence-electron chi connectivity index (χ0n) is 14.0. The number of ether oxygens (including phenoxy) is 2. The van der Waals surface area contributed by atoms with Crippen LogP contribution in [0.4, 0.5) is 0 Å². The predicted octanol–water partition coefficient (Wildman–Crippen LogP) is 1.64. The van der Waals surface area contributed by atoms with Gasteiger partial charge in [-0.15, -0.1) is 0 Å². The first kappa shape index (κ1) is 16.4. The lowest BCUT2D eigenvalue weighted by Crippen LogP contribution is -2.21. The van der Waals surface area contributed by atoms with E-state index in [0.717, 1.165) is 5.69 Å². The van der Waals surface area contributed by atoms with Crippen LogP contribution >= 0.6 is 0 Å². The van der Waals surface area contributed by atoms with E-state index < -0.39 is 11.2 Å². The van der Waals surface area contributed by atoms with E-state index in [1.54, 1.807) is 23.0 Å². The van der Waals surface area contributed by atoms with E-state index in [-0.39, 0.29) is 11.4 Å². The molecule has 8 nitrogen and oxygen atoms in total. The Bertz CT molecular complexity index is 977. The number of methoxy groups -OCH3 is 2. The maximum atomic E-state index is 12.1. The Hall–Kier alpha value is -3.42. The summed E-state index contributed by atoms with van der Waals surface area (Å²) in [6, 6.07) is 7.18. The van der Waals surface area contributed by atoms with Gasteiger partial charge in [0.25, 0.3) is 5.43 Å². The quantitative estimate of drug-likeness (QED) is 0.656. The number of aromatic nitrogens is 4. The van der Waals surface area contributed by atoms with Crippen LogP contribution in [0.25, 0.3) is 11.4 Å². The van der Waals surface area contributed by atoms with Gasteiger partial charge in [0.1, 0.15) is 11.4 Å². The van der Waals surface area contributed by atoms with Crippen molar-refractivity contribution in [3.8, 4) is 22.9 Å². The van der Waals surface area contributed by atoms with Crippen LogP contribution in [-0.2, 0) is 0 Å². The molecule has 0 bridgehead atoms. The van der Waals surface area contributed by atoms with Crippen molar-refractivity contribution in [2.75, 3.05) is 14.2 Å². The minimum atomic E-state index is -0.543. The molecule has 0 saturated carbocycles. The molecule has 3 aromatic rings. The van der Waals surface area contributed by atoms with Crippen molar-refractivity contribution in [2.24, 2.45) is 0 Å². The van der Waals surface area contributed by atoms with Gasteiger partial charge in [0.2, 0.25) is 0 Å². The molecule has 2 heterocycles. The molecule has 0 amide bonds. The third-order valence-electron chi connectivity index (χ3n) is 3.62. The molecule has 8 heteroatoms. The fourth-order valence-corrected chi connectivity index (χ4v) is 2.39. The number of carbonyl (C=O) groups is 1. The number of nitrogens with zero attached hydrogens (tertiary/aromatic N) is 4. The first-order chi connectivity index (χ1) is 12.0. The van der Waals surface area contributed by atoms with E-state index in [4.69, 9.17) is 9.47 Å². The normalized spacial score (nSPS) is 10.5. The van der Waals surface area contributed by atoms with Crippen LogP contribution in [0.15, 0.2) is 47.7 Å². The van der Waals surface area contributed by atoms with Gasteiger partial charge < -0.3 is 9.47 Å². The fraction of sp³-hybridized carbons (Fsp3) is 0.176. The van der Waals surface area contributed by atoms with Crippen LogP contribution in [0.2, 0.25) is 0 Å². The van der Waals surface area contributed by atoms with Crippen LogP contribution in [0.5, 0.6) is 11.5 Å². The Morgan fingerprint density at radius 1 is 1.12 bits per heavy atom.